The van der Waals surface area contributed by atoms with Crippen molar-refractivity contribution in [1.29, 1.82) is 0 Å². The number of ether oxygens (including phenoxy) is 2. The predicted molar refractivity (Wildman–Crippen MR) is 130 cm³/mol. The fraction of sp³-hybridized carbons (Fsp3) is 0.250. The highest BCUT2D eigenvalue weighted by molar-refractivity contribution is 6.33. The summed E-state index contributed by atoms with van der Waals surface area (Å²) in [7, 11) is 3.38. The van der Waals surface area contributed by atoms with Crippen LogP contribution in [-0.4, -0.2) is 71.3 Å². The minimum Gasteiger partial charge on any atom is -0.437 e. The van der Waals surface area contributed by atoms with E-state index < -0.39 is 6.16 Å². The van der Waals surface area contributed by atoms with E-state index in [1.165, 1.54) is 25.1 Å². The molecule has 174 valence electrons. The summed E-state index contributed by atoms with van der Waals surface area (Å²) in [6, 6.07) is 11.6. The fourth-order valence-corrected chi connectivity index (χ4v) is 4.15. The van der Waals surface area contributed by atoms with Crippen LogP contribution in [0.15, 0.2) is 48.8 Å². The van der Waals surface area contributed by atoms with Crippen LogP contribution in [0.4, 0.5) is 10.5 Å². The van der Waals surface area contributed by atoms with Crippen molar-refractivity contribution in [2.45, 2.75) is 0 Å². The van der Waals surface area contributed by atoms with Crippen LogP contribution in [0.25, 0.3) is 33.8 Å². The summed E-state index contributed by atoms with van der Waals surface area (Å²) in [5.41, 5.74) is 5.03. The number of benzene rings is 1. The maximum Gasteiger partial charge on any atom is 0.513 e. The number of aromatic nitrogens is 4. The molecular weight excluding hydrogens is 456 g/mol. The molecule has 1 saturated heterocycles. The van der Waals surface area contributed by atoms with Crippen LogP contribution in [0, 0.1) is 0 Å². The van der Waals surface area contributed by atoms with Crippen molar-refractivity contribution in [2.75, 3.05) is 45.2 Å². The summed E-state index contributed by atoms with van der Waals surface area (Å²) in [5.74, 6) is 0.890. The van der Waals surface area contributed by atoms with Crippen LogP contribution in [0.2, 0.25) is 5.02 Å². The van der Waals surface area contributed by atoms with Gasteiger partial charge in [0, 0.05) is 49.7 Å². The molecule has 0 radical (unpaired) electrons. The molecule has 3 aromatic heterocycles. The number of H-pyrrole nitrogens is 1. The second-order valence-electron chi connectivity index (χ2n) is 8.07. The van der Waals surface area contributed by atoms with E-state index in [9.17, 15) is 4.79 Å². The molecule has 0 spiro atoms. The molecular formula is C24H23ClN6O3. The van der Waals surface area contributed by atoms with Gasteiger partial charge in [0.15, 0.2) is 11.6 Å². The summed E-state index contributed by atoms with van der Waals surface area (Å²) < 4.78 is 9.42. The van der Waals surface area contributed by atoms with Crippen LogP contribution >= 0.6 is 11.6 Å². The first-order valence-electron chi connectivity index (χ1n) is 10.8. The largest absolute Gasteiger partial charge is 0.513 e. The zero-order valence-electron chi connectivity index (χ0n) is 18.8. The normalized spacial score (nSPS) is 14.4. The summed E-state index contributed by atoms with van der Waals surface area (Å²) >= 11 is 6.34. The maximum atomic E-state index is 11.3. The quantitative estimate of drug-likeness (QED) is 0.435. The first kappa shape index (κ1) is 22.1. The van der Waals surface area contributed by atoms with Gasteiger partial charge in [-0.05, 0) is 37.4 Å². The number of rotatable bonds is 4. The van der Waals surface area contributed by atoms with E-state index in [4.69, 9.17) is 21.3 Å². The number of carbonyl (C=O) groups is 1. The molecule has 0 saturated carbocycles. The minimum absolute atomic E-state index is 0.198. The first-order valence-corrected chi connectivity index (χ1v) is 11.2. The first-order chi connectivity index (χ1) is 16.5. The molecule has 1 aliphatic heterocycles. The number of methoxy groups -OCH3 is 1. The highest BCUT2D eigenvalue weighted by Gasteiger charge is 2.16. The summed E-state index contributed by atoms with van der Waals surface area (Å²) in [6.45, 7) is 4.14. The van der Waals surface area contributed by atoms with Gasteiger partial charge < -0.3 is 24.3 Å². The lowest BCUT2D eigenvalue weighted by Crippen LogP contribution is -2.44. The zero-order valence-corrected chi connectivity index (χ0v) is 19.5. The average Bonchev–Trinajstić information content (AvgIpc) is 3.28. The minimum atomic E-state index is -0.835. The van der Waals surface area contributed by atoms with Gasteiger partial charge >= 0.3 is 6.16 Å². The Bertz CT molecular complexity index is 1330. The summed E-state index contributed by atoms with van der Waals surface area (Å²) in [4.78, 5) is 32.9. The second-order valence-corrected chi connectivity index (χ2v) is 8.47. The number of likely N-dealkylation sites (N-methyl/N-ethyl adjacent to an activating group) is 1. The Labute approximate surface area is 201 Å². The van der Waals surface area contributed by atoms with Gasteiger partial charge in [0.2, 0.25) is 0 Å². The topological polar surface area (TPSA) is 96.5 Å². The number of carbonyl (C=O) groups excluding carboxylic acids is 1. The van der Waals surface area contributed by atoms with E-state index >= 15 is 0 Å². The van der Waals surface area contributed by atoms with Crippen molar-refractivity contribution in [1.82, 2.24) is 24.8 Å². The number of halogens is 1. The Balaban J connectivity index is 1.36. The molecule has 34 heavy (non-hydrogen) atoms. The SMILES string of the molecule is COC(=O)Oc1cnc(-c2ccc(-c3nc4ccc(N5CCN(C)CC5)cc4[nH]3)nc2)c(Cl)c1. The standard InChI is InChI=1S/C24H23ClN6O3/c1-30-7-9-31(10-8-30)16-4-6-19-21(11-16)29-23(28-19)20-5-3-15(13-26-20)22-18(25)12-17(14-27-22)34-24(32)33-2/h3-6,11-14H,7-10H2,1-2H3,(H,28,29). The monoisotopic (exact) mass is 478 g/mol. The van der Waals surface area contributed by atoms with Crippen molar-refractivity contribution in [3.63, 3.8) is 0 Å². The zero-order chi connectivity index (χ0) is 23.7. The van der Waals surface area contributed by atoms with Crippen LogP contribution in [0.3, 0.4) is 0 Å². The van der Waals surface area contributed by atoms with Crippen LogP contribution in [0.1, 0.15) is 0 Å². The maximum absolute atomic E-state index is 11.3. The van der Waals surface area contributed by atoms with Gasteiger partial charge in [0.05, 0.1) is 35.1 Å². The molecule has 10 heteroatoms. The van der Waals surface area contributed by atoms with Crippen LogP contribution in [0.5, 0.6) is 5.75 Å². The number of hydrogen-bond donors (Lipinski definition) is 1. The number of pyridine rings is 2. The molecule has 9 nitrogen and oxygen atoms in total. The average molecular weight is 479 g/mol. The number of imidazole rings is 1. The van der Waals surface area contributed by atoms with Gasteiger partial charge in [0.25, 0.3) is 0 Å². The van der Waals surface area contributed by atoms with Crippen LogP contribution < -0.4 is 9.64 Å². The third-order valence-corrected chi connectivity index (χ3v) is 6.09. The van der Waals surface area contributed by atoms with Crippen molar-refractivity contribution in [2.24, 2.45) is 0 Å². The van der Waals surface area contributed by atoms with E-state index in [0.29, 0.717) is 22.2 Å². The van der Waals surface area contributed by atoms with Gasteiger partial charge in [-0.25, -0.2) is 9.78 Å². The van der Waals surface area contributed by atoms with Crippen molar-refractivity contribution < 1.29 is 14.3 Å². The number of nitrogens with one attached hydrogen (secondary N) is 1. The highest BCUT2D eigenvalue weighted by atomic mass is 35.5. The Morgan fingerprint density at radius 1 is 1.06 bits per heavy atom. The van der Waals surface area contributed by atoms with Gasteiger partial charge in [0.1, 0.15) is 5.69 Å². The molecule has 0 aliphatic carbocycles. The van der Waals surface area contributed by atoms with Crippen LogP contribution in [-0.2, 0) is 4.74 Å². The Morgan fingerprint density at radius 2 is 1.88 bits per heavy atom. The molecule has 0 amide bonds. The Morgan fingerprint density at radius 3 is 2.59 bits per heavy atom. The number of piperazine rings is 1. The van der Waals surface area contributed by atoms with E-state index in [1.807, 2.05) is 18.2 Å². The highest BCUT2D eigenvalue weighted by Crippen LogP contribution is 2.30. The number of aromatic amines is 1. The molecule has 4 aromatic rings. The predicted octanol–water partition coefficient (Wildman–Crippen LogP) is 4.24. The molecule has 1 aliphatic rings. The Hall–Kier alpha value is -3.69. The van der Waals surface area contributed by atoms with E-state index in [0.717, 1.165) is 42.8 Å². The van der Waals surface area contributed by atoms with Gasteiger partial charge in [-0.1, -0.05) is 11.6 Å². The van der Waals surface area contributed by atoms with Gasteiger partial charge in [-0.15, -0.1) is 0 Å². The van der Waals surface area contributed by atoms with Gasteiger partial charge in [-0.3, -0.25) is 9.97 Å². The smallest absolute Gasteiger partial charge is 0.437 e. The molecule has 0 unspecified atom stereocenters. The molecule has 1 N–H and O–H groups in total. The molecule has 1 aromatic carbocycles. The summed E-state index contributed by atoms with van der Waals surface area (Å²) in [6.07, 6.45) is 2.26. The van der Waals surface area contributed by atoms with E-state index in [1.54, 1.807) is 6.20 Å². The molecule has 5 rings (SSSR count). The Kier molecular flexibility index (Phi) is 6.04. The lowest BCUT2D eigenvalue weighted by Gasteiger charge is -2.34. The fourth-order valence-electron chi connectivity index (χ4n) is 3.88. The molecule has 4 heterocycles. The molecule has 0 atom stereocenters. The van der Waals surface area contributed by atoms with Crippen molar-refractivity contribution in [3.05, 3.63) is 53.8 Å². The molecule has 1 fully saturated rings. The number of hydrogen-bond acceptors (Lipinski definition) is 8. The second kappa shape index (κ2) is 9.28. The van der Waals surface area contributed by atoms with Crippen molar-refractivity contribution in [3.8, 4) is 28.5 Å². The number of fused-ring (bicyclic) bond motifs is 1. The van der Waals surface area contributed by atoms with E-state index in [2.05, 4.69) is 48.7 Å². The number of nitrogens with zero attached hydrogens (tertiary/aromatic N) is 5. The number of anilines is 1. The molecule has 0 bridgehead atoms. The lowest BCUT2D eigenvalue weighted by atomic mass is 10.1. The third-order valence-electron chi connectivity index (χ3n) is 5.80. The third kappa shape index (κ3) is 4.52. The summed E-state index contributed by atoms with van der Waals surface area (Å²) in [5, 5.41) is 0.330. The van der Waals surface area contributed by atoms with Gasteiger partial charge in [-0.2, -0.15) is 0 Å². The lowest BCUT2D eigenvalue weighted by molar-refractivity contribution is 0.121. The van der Waals surface area contributed by atoms with E-state index in [-0.39, 0.29) is 5.75 Å². The van der Waals surface area contributed by atoms with Crippen molar-refractivity contribution >= 4 is 34.5 Å².